The average molecular weight is 416 g/mol. The monoisotopic (exact) mass is 415 g/mol. The van der Waals surface area contributed by atoms with Crippen LogP contribution in [0, 0.1) is 5.82 Å². The van der Waals surface area contributed by atoms with Gasteiger partial charge in [-0.1, -0.05) is 11.6 Å². The Morgan fingerprint density at radius 3 is 2.44 bits per heavy atom. The highest BCUT2D eigenvalue weighted by Gasteiger charge is 2.26. The van der Waals surface area contributed by atoms with Crippen molar-refractivity contribution in [2.75, 3.05) is 24.6 Å². The summed E-state index contributed by atoms with van der Waals surface area (Å²) in [6, 6.07) is 7.59. The van der Waals surface area contributed by atoms with E-state index in [2.05, 4.69) is 0 Å². The molecule has 0 amide bonds. The molecule has 0 bridgehead atoms. The molecule has 0 N–H and O–H groups in total. The standard InChI is InChI=1S/C18H19ClFNO5S/c1-4-21(12-6-8-15(19)14(10-12)18(22)26-5-2)27(23,24)13-7-9-17(25-3)16(20)11-13/h6-11H,4-5H2,1-3H3. The van der Waals surface area contributed by atoms with E-state index >= 15 is 0 Å². The summed E-state index contributed by atoms with van der Waals surface area (Å²) < 4.78 is 50.7. The van der Waals surface area contributed by atoms with Gasteiger partial charge in [0.05, 0.1) is 34.9 Å². The molecule has 0 spiro atoms. The van der Waals surface area contributed by atoms with Gasteiger partial charge in [0.1, 0.15) is 0 Å². The van der Waals surface area contributed by atoms with E-state index in [1.807, 2.05) is 0 Å². The Morgan fingerprint density at radius 2 is 1.89 bits per heavy atom. The van der Waals surface area contributed by atoms with E-state index in [1.54, 1.807) is 13.8 Å². The van der Waals surface area contributed by atoms with Crippen molar-refractivity contribution in [3.8, 4) is 5.75 Å². The Hall–Kier alpha value is -2.32. The van der Waals surface area contributed by atoms with Gasteiger partial charge in [0.25, 0.3) is 10.0 Å². The van der Waals surface area contributed by atoms with E-state index in [4.69, 9.17) is 21.1 Å². The van der Waals surface area contributed by atoms with Crippen molar-refractivity contribution in [1.82, 2.24) is 0 Å². The molecule has 0 aliphatic heterocycles. The SMILES string of the molecule is CCOC(=O)c1cc(N(CC)S(=O)(=O)c2ccc(OC)c(F)c2)ccc1Cl. The number of halogens is 2. The molecule has 0 saturated carbocycles. The zero-order chi connectivity index (χ0) is 20.2. The highest BCUT2D eigenvalue weighted by Crippen LogP contribution is 2.29. The first kappa shape index (κ1) is 21.0. The van der Waals surface area contributed by atoms with Gasteiger partial charge in [-0.25, -0.2) is 17.6 Å². The van der Waals surface area contributed by atoms with Crippen molar-refractivity contribution in [3.63, 3.8) is 0 Å². The fourth-order valence-corrected chi connectivity index (χ4v) is 4.13. The van der Waals surface area contributed by atoms with Gasteiger partial charge < -0.3 is 9.47 Å². The number of carbonyl (C=O) groups excluding carboxylic acids is 1. The lowest BCUT2D eigenvalue weighted by Gasteiger charge is -2.23. The number of hydrogen-bond acceptors (Lipinski definition) is 5. The quantitative estimate of drug-likeness (QED) is 0.641. The topological polar surface area (TPSA) is 72.9 Å². The normalized spacial score (nSPS) is 11.1. The van der Waals surface area contributed by atoms with Crippen LogP contribution in [0.2, 0.25) is 5.02 Å². The van der Waals surface area contributed by atoms with Crippen LogP contribution >= 0.6 is 11.6 Å². The molecule has 0 aromatic heterocycles. The van der Waals surface area contributed by atoms with Crippen molar-refractivity contribution < 1.29 is 27.1 Å². The van der Waals surface area contributed by atoms with Gasteiger partial charge in [-0.05, 0) is 50.2 Å². The van der Waals surface area contributed by atoms with E-state index < -0.39 is 21.8 Å². The summed E-state index contributed by atoms with van der Waals surface area (Å²) in [4.78, 5) is 11.8. The Morgan fingerprint density at radius 1 is 1.19 bits per heavy atom. The van der Waals surface area contributed by atoms with Crippen LogP contribution in [0.25, 0.3) is 0 Å². The number of anilines is 1. The number of rotatable bonds is 7. The van der Waals surface area contributed by atoms with Gasteiger partial charge in [0.2, 0.25) is 0 Å². The maximum atomic E-state index is 14.0. The second kappa shape index (κ2) is 8.58. The summed E-state index contributed by atoms with van der Waals surface area (Å²) in [5, 5.41) is 0.140. The zero-order valence-corrected chi connectivity index (χ0v) is 16.6. The molecule has 2 aromatic carbocycles. The zero-order valence-electron chi connectivity index (χ0n) is 15.0. The third kappa shape index (κ3) is 4.33. The lowest BCUT2D eigenvalue weighted by Crippen LogP contribution is -2.31. The molecule has 0 aliphatic carbocycles. The van der Waals surface area contributed by atoms with E-state index in [-0.39, 0.29) is 40.1 Å². The van der Waals surface area contributed by atoms with Crippen LogP contribution in [0.15, 0.2) is 41.3 Å². The Labute approximate surface area is 162 Å². The van der Waals surface area contributed by atoms with Crippen molar-refractivity contribution >= 4 is 33.3 Å². The van der Waals surface area contributed by atoms with E-state index in [1.165, 1.54) is 37.4 Å². The van der Waals surface area contributed by atoms with Crippen LogP contribution in [0.3, 0.4) is 0 Å². The molecule has 0 heterocycles. The van der Waals surface area contributed by atoms with Crippen LogP contribution in [0.1, 0.15) is 24.2 Å². The molecule has 6 nitrogen and oxygen atoms in total. The minimum absolute atomic E-state index is 0.0468. The lowest BCUT2D eigenvalue weighted by atomic mass is 10.2. The number of hydrogen-bond donors (Lipinski definition) is 0. The minimum atomic E-state index is -4.08. The van der Waals surface area contributed by atoms with E-state index in [0.29, 0.717) is 0 Å². The predicted molar refractivity (Wildman–Crippen MR) is 101 cm³/mol. The number of carbonyl (C=O) groups is 1. The first-order valence-corrected chi connectivity index (χ1v) is 9.91. The minimum Gasteiger partial charge on any atom is -0.494 e. The first-order chi connectivity index (χ1) is 12.8. The van der Waals surface area contributed by atoms with Crippen LogP contribution in [0.4, 0.5) is 10.1 Å². The summed E-state index contributed by atoms with van der Waals surface area (Å²) in [6.07, 6.45) is 0. The highest BCUT2D eigenvalue weighted by atomic mass is 35.5. The molecule has 9 heteroatoms. The number of esters is 1. The predicted octanol–water partition coefficient (Wildman–Crippen LogP) is 3.88. The van der Waals surface area contributed by atoms with Crippen molar-refractivity contribution in [1.29, 1.82) is 0 Å². The van der Waals surface area contributed by atoms with Gasteiger partial charge in [0, 0.05) is 6.54 Å². The maximum absolute atomic E-state index is 14.0. The van der Waals surface area contributed by atoms with Crippen molar-refractivity contribution in [2.45, 2.75) is 18.7 Å². The number of methoxy groups -OCH3 is 1. The molecular weight excluding hydrogens is 397 g/mol. The molecule has 2 rings (SSSR count). The highest BCUT2D eigenvalue weighted by molar-refractivity contribution is 7.92. The van der Waals surface area contributed by atoms with Gasteiger partial charge >= 0.3 is 5.97 Å². The summed E-state index contributed by atoms with van der Waals surface area (Å²) >= 11 is 6.03. The Balaban J connectivity index is 2.51. The van der Waals surface area contributed by atoms with Gasteiger partial charge in [-0.3, -0.25) is 4.31 Å². The summed E-state index contributed by atoms with van der Waals surface area (Å²) in [7, 11) is -2.79. The molecule has 0 saturated heterocycles. The number of nitrogens with zero attached hydrogens (tertiary/aromatic N) is 1. The van der Waals surface area contributed by atoms with Crippen LogP contribution in [-0.2, 0) is 14.8 Å². The smallest absolute Gasteiger partial charge is 0.339 e. The summed E-state index contributed by atoms with van der Waals surface area (Å²) in [5.74, 6) is -1.51. The molecular formula is C18H19ClFNO5S. The molecule has 0 radical (unpaired) electrons. The van der Waals surface area contributed by atoms with Crippen LogP contribution in [0.5, 0.6) is 5.75 Å². The largest absolute Gasteiger partial charge is 0.494 e. The molecule has 0 atom stereocenters. The lowest BCUT2D eigenvalue weighted by molar-refractivity contribution is 0.0526. The summed E-state index contributed by atoms with van der Waals surface area (Å²) in [5.41, 5.74) is 0.256. The van der Waals surface area contributed by atoms with Gasteiger partial charge in [0.15, 0.2) is 11.6 Å². The molecule has 0 unspecified atom stereocenters. The van der Waals surface area contributed by atoms with E-state index in [0.717, 1.165) is 10.4 Å². The average Bonchev–Trinajstić information content (AvgIpc) is 2.63. The third-order valence-corrected chi connectivity index (χ3v) is 5.96. The Bertz CT molecular complexity index is 949. The number of sulfonamides is 1. The third-order valence-electron chi connectivity index (χ3n) is 3.73. The van der Waals surface area contributed by atoms with Crippen LogP contribution < -0.4 is 9.04 Å². The van der Waals surface area contributed by atoms with Crippen molar-refractivity contribution in [2.24, 2.45) is 0 Å². The summed E-state index contributed by atoms with van der Waals surface area (Å²) in [6.45, 7) is 3.48. The fraction of sp³-hybridized carbons (Fsp3) is 0.278. The molecule has 0 aliphatic rings. The molecule has 27 heavy (non-hydrogen) atoms. The van der Waals surface area contributed by atoms with Gasteiger partial charge in [-0.2, -0.15) is 0 Å². The van der Waals surface area contributed by atoms with E-state index in [9.17, 15) is 17.6 Å². The molecule has 146 valence electrons. The number of ether oxygens (including phenoxy) is 2. The second-order valence-corrected chi connectivity index (χ2v) is 7.62. The second-order valence-electron chi connectivity index (χ2n) is 5.35. The number of benzene rings is 2. The maximum Gasteiger partial charge on any atom is 0.339 e. The fourth-order valence-electron chi connectivity index (χ4n) is 2.46. The van der Waals surface area contributed by atoms with Crippen molar-refractivity contribution in [3.05, 3.63) is 52.8 Å². The molecule has 0 fully saturated rings. The van der Waals surface area contributed by atoms with Crippen LogP contribution in [-0.4, -0.2) is 34.6 Å². The van der Waals surface area contributed by atoms with Gasteiger partial charge in [-0.15, -0.1) is 0 Å². The molecule has 2 aromatic rings. The first-order valence-electron chi connectivity index (χ1n) is 8.09. The Kier molecular flexibility index (Phi) is 6.67.